The molecular weight excluding hydrogens is 346 g/mol. The third-order valence-electron chi connectivity index (χ3n) is 3.40. The predicted octanol–water partition coefficient (Wildman–Crippen LogP) is 2.53. The fourth-order valence-electron chi connectivity index (χ4n) is 2.37. The Morgan fingerprint density at radius 3 is 2.16 bits per heavy atom. The van der Waals surface area contributed by atoms with Gasteiger partial charge in [0, 0.05) is 24.3 Å². The number of amides is 2. The molecule has 0 bridgehead atoms. The van der Waals surface area contributed by atoms with E-state index in [0.29, 0.717) is 18.8 Å². The summed E-state index contributed by atoms with van der Waals surface area (Å²) in [6.45, 7) is 6.40. The van der Waals surface area contributed by atoms with Crippen molar-refractivity contribution in [2.75, 3.05) is 18.4 Å². The Kier molecular flexibility index (Phi) is 5.69. The zero-order valence-corrected chi connectivity index (χ0v) is 15.4. The molecule has 138 valence electrons. The van der Waals surface area contributed by atoms with Gasteiger partial charge in [-0.1, -0.05) is 0 Å². The first-order valence-corrected chi connectivity index (χ1v) is 9.47. The largest absolute Gasteiger partial charge is 0.420 e. The lowest BCUT2D eigenvalue weighted by molar-refractivity contribution is 0.132. The van der Waals surface area contributed by atoms with Gasteiger partial charge in [0.05, 0.1) is 4.90 Å². The normalized spacial score (nSPS) is 15.1. The lowest BCUT2D eigenvalue weighted by Gasteiger charge is -2.20. The topological polar surface area (TPSA) is 105 Å². The molecule has 8 nitrogen and oxygen atoms in total. The highest BCUT2D eigenvalue weighted by Crippen LogP contribution is 2.17. The molecule has 0 atom stereocenters. The van der Waals surface area contributed by atoms with Gasteiger partial charge in [0.1, 0.15) is 0 Å². The molecule has 25 heavy (non-hydrogen) atoms. The zero-order chi connectivity index (χ0) is 18.7. The Balaban J connectivity index is 1.95. The molecule has 1 saturated heterocycles. The van der Waals surface area contributed by atoms with Crippen LogP contribution in [0.15, 0.2) is 29.2 Å². The number of rotatable bonds is 3. The van der Waals surface area contributed by atoms with E-state index in [2.05, 4.69) is 10.0 Å². The molecule has 0 unspecified atom stereocenters. The van der Waals surface area contributed by atoms with Crippen LogP contribution in [0, 0.1) is 0 Å². The average molecular weight is 369 g/mol. The summed E-state index contributed by atoms with van der Waals surface area (Å²) in [7, 11) is -3.65. The number of nitrogens with zero attached hydrogens (tertiary/aromatic N) is 1. The van der Waals surface area contributed by atoms with Gasteiger partial charge in [-0.15, -0.1) is 0 Å². The maximum atomic E-state index is 12.2. The minimum Gasteiger partial charge on any atom is -0.359 e. The van der Waals surface area contributed by atoms with Crippen molar-refractivity contribution in [2.24, 2.45) is 0 Å². The van der Waals surface area contributed by atoms with Crippen molar-refractivity contribution < 1.29 is 22.7 Å². The van der Waals surface area contributed by atoms with E-state index in [-0.39, 0.29) is 4.90 Å². The summed E-state index contributed by atoms with van der Waals surface area (Å²) in [6.07, 6.45) is 0.216. The van der Waals surface area contributed by atoms with Gasteiger partial charge in [0.15, 0.2) is 0 Å². The molecule has 0 spiro atoms. The third-order valence-corrected chi connectivity index (χ3v) is 5.17. The summed E-state index contributed by atoms with van der Waals surface area (Å²) in [5.41, 5.74) is -0.274. The average Bonchev–Trinajstić information content (AvgIpc) is 2.99. The number of benzene rings is 1. The Bertz CT molecular complexity index is 732. The van der Waals surface area contributed by atoms with E-state index >= 15 is 0 Å². The van der Waals surface area contributed by atoms with Crippen LogP contribution in [-0.2, 0) is 14.8 Å². The van der Waals surface area contributed by atoms with Crippen LogP contribution < -0.4 is 10.0 Å². The van der Waals surface area contributed by atoms with Crippen molar-refractivity contribution in [1.82, 2.24) is 9.62 Å². The minimum absolute atomic E-state index is 0.0782. The number of ether oxygens (including phenoxy) is 1. The Morgan fingerprint density at radius 1 is 1.08 bits per heavy atom. The number of hydrogen-bond acceptors (Lipinski definition) is 5. The van der Waals surface area contributed by atoms with E-state index in [1.807, 2.05) is 0 Å². The van der Waals surface area contributed by atoms with Crippen LogP contribution in [0.25, 0.3) is 0 Å². The van der Waals surface area contributed by atoms with E-state index in [1.165, 1.54) is 29.2 Å². The third kappa shape index (κ3) is 5.71. The van der Waals surface area contributed by atoms with Gasteiger partial charge < -0.3 is 9.64 Å². The smallest absolute Gasteiger partial charge is 0.359 e. The first kappa shape index (κ1) is 19.2. The molecule has 2 amide bonds. The van der Waals surface area contributed by atoms with Crippen LogP contribution in [-0.4, -0.2) is 44.1 Å². The van der Waals surface area contributed by atoms with Crippen molar-refractivity contribution in [3.8, 4) is 0 Å². The summed E-state index contributed by atoms with van der Waals surface area (Å²) >= 11 is 0. The Morgan fingerprint density at radius 2 is 1.64 bits per heavy atom. The van der Waals surface area contributed by atoms with Crippen molar-refractivity contribution in [3.05, 3.63) is 24.3 Å². The number of likely N-dealkylation sites (tertiary alicyclic amines) is 1. The number of hydrogen-bond donors (Lipinski definition) is 2. The van der Waals surface area contributed by atoms with Gasteiger partial charge in [-0.25, -0.2) is 22.7 Å². The van der Waals surface area contributed by atoms with E-state index in [1.54, 1.807) is 20.8 Å². The number of carbonyl (C=O) groups is 2. The molecule has 2 N–H and O–H groups in total. The standard InChI is InChI=1S/C16H23N3O5S/c1-16(2,3)18-25(22,23)13-8-6-12(7-9-13)17-14(20)24-15(21)19-10-4-5-11-19/h6-9,18H,4-5,10-11H2,1-3H3,(H,17,20). The lowest BCUT2D eigenvalue weighted by Crippen LogP contribution is -2.40. The van der Waals surface area contributed by atoms with Crippen LogP contribution in [0.5, 0.6) is 0 Å². The summed E-state index contributed by atoms with van der Waals surface area (Å²) < 4.78 is 31.6. The predicted molar refractivity (Wildman–Crippen MR) is 92.8 cm³/mol. The summed E-state index contributed by atoms with van der Waals surface area (Å²) in [4.78, 5) is 25.0. The van der Waals surface area contributed by atoms with Crippen LogP contribution in [0.4, 0.5) is 15.3 Å². The molecule has 9 heteroatoms. The maximum Gasteiger partial charge on any atom is 0.420 e. The lowest BCUT2D eigenvalue weighted by atomic mass is 10.1. The van der Waals surface area contributed by atoms with Crippen LogP contribution in [0.1, 0.15) is 33.6 Å². The molecule has 1 aliphatic rings. The van der Waals surface area contributed by atoms with Crippen molar-refractivity contribution in [2.45, 2.75) is 44.0 Å². The molecule has 2 rings (SSSR count). The number of carbonyl (C=O) groups excluding carboxylic acids is 2. The van der Waals surface area contributed by atoms with Crippen LogP contribution in [0.3, 0.4) is 0 Å². The SMILES string of the molecule is CC(C)(C)NS(=O)(=O)c1ccc(NC(=O)OC(=O)N2CCCC2)cc1. The summed E-state index contributed by atoms with van der Waals surface area (Å²) in [5.74, 6) is 0. The molecule has 1 heterocycles. The fraction of sp³-hybridized carbons (Fsp3) is 0.500. The number of anilines is 1. The van der Waals surface area contributed by atoms with Crippen molar-refractivity contribution in [1.29, 1.82) is 0 Å². The van der Waals surface area contributed by atoms with Gasteiger partial charge in [0.25, 0.3) is 0 Å². The highest BCUT2D eigenvalue weighted by molar-refractivity contribution is 7.89. The summed E-state index contributed by atoms with van der Waals surface area (Å²) in [6, 6.07) is 5.59. The molecule has 0 saturated carbocycles. The molecular formula is C16H23N3O5S. The molecule has 0 radical (unpaired) electrons. The zero-order valence-electron chi connectivity index (χ0n) is 14.5. The van der Waals surface area contributed by atoms with Crippen molar-refractivity contribution >= 4 is 27.9 Å². The first-order chi connectivity index (χ1) is 11.6. The molecule has 0 aliphatic carbocycles. The van der Waals surface area contributed by atoms with E-state index in [9.17, 15) is 18.0 Å². The van der Waals surface area contributed by atoms with E-state index in [0.717, 1.165) is 12.8 Å². The molecule has 1 aromatic rings. The van der Waals surface area contributed by atoms with E-state index in [4.69, 9.17) is 4.74 Å². The second-order valence-corrected chi connectivity index (χ2v) is 8.54. The van der Waals surface area contributed by atoms with Crippen LogP contribution >= 0.6 is 0 Å². The maximum absolute atomic E-state index is 12.2. The molecule has 0 aromatic heterocycles. The van der Waals surface area contributed by atoms with Gasteiger partial charge in [-0.2, -0.15) is 0 Å². The minimum atomic E-state index is -3.65. The highest BCUT2D eigenvalue weighted by atomic mass is 32.2. The van der Waals surface area contributed by atoms with Gasteiger partial charge >= 0.3 is 12.2 Å². The fourth-order valence-corrected chi connectivity index (χ4v) is 3.78. The second-order valence-electron chi connectivity index (χ2n) is 6.85. The second kappa shape index (κ2) is 7.40. The van der Waals surface area contributed by atoms with Crippen LogP contribution in [0.2, 0.25) is 0 Å². The Hall–Kier alpha value is -2.13. The number of nitrogens with one attached hydrogen (secondary N) is 2. The molecule has 1 aromatic carbocycles. The van der Waals surface area contributed by atoms with Gasteiger partial charge in [0.2, 0.25) is 10.0 Å². The Labute approximate surface area is 147 Å². The molecule has 1 fully saturated rings. The summed E-state index contributed by atoms with van der Waals surface area (Å²) in [5, 5.41) is 2.40. The van der Waals surface area contributed by atoms with Crippen molar-refractivity contribution in [3.63, 3.8) is 0 Å². The highest BCUT2D eigenvalue weighted by Gasteiger charge is 2.23. The first-order valence-electron chi connectivity index (χ1n) is 7.99. The quantitative estimate of drug-likeness (QED) is 0.797. The van der Waals surface area contributed by atoms with Gasteiger partial charge in [-0.3, -0.25) is 5.32 Å². The number of sulfonamides is 1. The van der Waals surface area contributed by atoms with E-state index < -0.39 is 27.7 Å². The monoisotopic (exact) mass is 369 g/mol. The van der Waals surface area contributed by atoms with Gasteiger partial charge in [-0.05, 0) is 57.9 Å². The molecule has 1 aliphatic heterocycles.